The maximum Gasteiger partial charge on any atom is 0.416 e. The number of alkyl halides is 3. The average molecular weight is 287 g/mol. The normalized spacial score (nSPS) is 24.9. The van der Waals surface area contributed by atoms with Crippen LogP contribution >= 0.6 is 0 Å². The summed E-state index contributed by atoms with van der Waals surface area (Å²) < 4.78 is 37.5. The molecule has 112 valence electrons. The van der Waals surface area contributed by atoms with Crippen LogP contribution in [-0.2, 0) is 6.18 Å². The van der Waals surface area contributed by atoms with Crippen LogP contribution in [0.5, 0.6) is 0 Å². The Morgan fingerprint density at radius 2 is 1.90 bits per heavy atom. The Morgan fingerprint density at radius 1 is 1.25 bits per heavy atom. The number of hydrogen-bond donors (Lipinski definition) is 2. The predicted octanol–water partition coefficient (Wildman–Crippen LogP) is 3.52. The molecule has 20 heavy (non-hydrogen) atoms. The van der Waals surface area contributed by atoms with Crippen molar-refractivity contribution >= 4 is 0 Å². The van der Waals surface area contributed by atoms with Gasteiger partial charge in [0.1, 0.15) is 0 Å². The first-order valence-electron chi connectivity index (χ1n) is 6.96. The highest BCUT2D eigenvalue weighted by Gasteiger charge is 2.31. The van der Waals surface area contributed by atoms with E-state index in [1.807, 2.05) is 6.92 Å². The van der Waals surface area contributed by atoms with Crippen LogP contribution in [0.1, 0.15) is 43.4 Å². The Kier molecular flexibility index (Phi) is 4.70. The SMILES string of the molecule is CC(NC1CCCC1CO)c1ccc(C(F)(F)F)cc1. The molecule has 0 amide bonds. The van der Waals surface area contributed by atoms with Crippen molar-refractivity contribution < 1.29 is 18.3 Å². The lowest BCUT2D eigenvalue weighted by molar-refractivity contribution is -0.137. The molecule has 0 aromatic heterocycles. The van der Waals surface area contributed by atoms with Gasteiger partial charge in [0.25, 0.3) is 0 Å². The fraction of sp³-hybridized carbons (Fsp3) is 0.600. The monoisotopic (exact) mass is 287 g/mol. The van der Waals surface area contributed by atoms with E-state index in [9.17, 15) is 18.3 Å². The smallest absolute Gasteiger partial charge is 0.396 e. The Labute approximate surface area is 117 Å². The van der Waals surface area contributed by atoms with E-state index in [-0.39, 0.29) is 24.6 Å². The van der Waals surface area contributed by atoms with E-state index in [1.165, 1.54) is 12.1 Å². The van der Waals surface area contributed by atoms with Crippen LogP contribution in [-0.4, -0.2) is 17.8 Å². The lowest BCUT2D eigenvalue weighted by Gasteiger charge is -2.24. The van der Waals surface area contributed by atoms with Crippen molar-refractivity contribution in [2.24, 2.45) is 5.92 Å². The Morgan fingerprint density at radius 3 is 2.45 bits per heavy atom. The zero-order chi connectivity index (χ0) is 14.8. The van der Waals surface area contributed by atoms with Crippen LogP contribution in [0.2, 0.25) is 0 Å². The van der Waals surface area contributed by atoms with Gasteiger partial charge in [0.15, 0.2) is 0 Å². The van der Waals surface area contributed by atoms with Crippen LogP contribution in [0, 0.1) is 5.92 Å². The molecule has 2 N–H and O–H groups in total. The lowest BCUT2D eigenvalue weighted by Crippen LogP contribution is -2.35. The molecule has 3 unspecified atom stereocenters. The zero-order valence-electron chi connectivity index (χ0n) is 11.5. The molecule has 1 saturated carbocycles. The van der Waals surface area contributed by atoms with E-state index < -0.39 is 11.7 Å². The molecule has 2 rings (SSSR count). The molecule has 0 aliphatic heterocycles. The number of benzene rings is 1. The number of aliphatic hydroxyl groups is 1. The summed E-state index contributed by atoms with van der Waals surface area (Å²) in [5.74, 6) is 0.256. The van der Waals surface area contributed by atoms with Gasteiger partial charge in [-0.1, -0.05) is 18.6 Å². The topological polar surface area (TPSA) is 32.3 Å². The number of aliphatic hydroxyl groups excluding tert-OH is 1. The molecule has 1 aromatic carbocycles. The predicted molar refractivity (Wildman–Crippen MR) is 71.2 cm³/mol. The van der Waals surface area contributed by atoms with Crippen molar-refractivity contribution in [3.63, 3.8) is 0 Å². The number of rotatable bonds is 4. The maximum atomic E-state index is 12.5. The van der Waals surface area contributed by atoms with E-state index in [1.54, 1.807) is 0 Å². The van der Waals surface area contributed by atoms with Gasteiger partial charge < -0.3 is 10.4 Å². The van der Waals surface area contributed by atoms with E-state index in [0.29, 0.717) is 0 Å². The molecule has 0 radical (unpaired) electrons. The van der Waals surface area contributed by atoms with Crippen LogP contribution < -0.4 is 5.32 Å². The quantitative estimate of drug-likeness (QED) is 0.888. The third-order valence-electron chi connectivity index (χ3n) is 4.10. The van der Waals surface area contributed by atoms with Crippen molar-refractivity contribution in [1.82, 2.24) is 5.32 Å². The van der Waals surface area contributed by atoms with Crippen molar-refractivity contribution in [2.45, 2.75) is 44.4 Å². The summed E-state index contributed by atoms with van der Waals surface area (Å²) in [6, 6.07) is 5.50. The van der Waals surface area contributed by atoms with Gasteiger partial charge in [-0.2, -0.15) is 13.2 Å². The van der Waals surface area contributed by atoms with Gasteiger partial charge in [-0.3, -0.25) is 0 Å². The maximum absolute atomic E-state index is 12.5. The van der Waals surface area contributed by atoms with Crippen LogP contribution in [0.25, 0.3) is 0 Å². The Bertz CT molecular complexity index is 430. The second-order valence-electron chi connectivity index (χ2n) is 5.49. The highest BCUT2D eigenvalue weighted by Crippen LogP contribution is 2.31. The van der Waals surface area contributed by atoms with Gasteiger partial charge in [0.2, 0.25) is 0 Å². The summed E-state index contributed by atoms with van der Waals surface area (Å²) in [6.07, 6.45) is -1.19. The van der Waals surface area contributed by atoms with E-state index in [4.69, 9.17) is 0 Å². The molecule has 0 bridgehead atoms. The largest absolute Gasteiger partial charge is 0.416 e. The summed E-state index contributed by atoms with van der Waals surface area (Å²) in [4.78, 5) is 0. The van der Waals surface area contributed by atoms with Gasteiger partial charge in [0, 0.05) is 18.7 Å². The molecule has 2 nitrogen and oxygen atoms in total. The molecule has 0 heterocycles. The number of hydrogen-bond acceptors (Lipinski definition) is 2. The average Bonchev–Trinajstić information content (AvgIpc) is 2.85. The highest BCUT2D eigenvalue weighted by atomic mass is 19.4. The molecule has 5 heteroatoms. The fourth-order valence-electron chi connectivity index (χ4n) is 2.85. The minimum absolute atomic E-state index is 0.0190. The molecule has 0 saturated heterocycles. The zero-order valence-corrected chi connectivity index (χ0v) is 11.5. The second-order valence-corrected chi connectivity index (χ2v) is 5.49. The summed E-state index contributed by atoms with van der Waals surface area (Å²) >= 11 is 0. The summed E-state index contributed by atoms with van der Waals surface area (Å²) in [5, 5.41) is 12.7. The number of nitrogens with one attached hydrogen (secondary N) is 1. The van der Waals surface area contributed by atoms with E-state index >= 15 is 0 Å². The van der Waals surface area contributed by atoms with Gasteiger partial charge >= 0.3 is 6.18 Å². The first-order valence-corrected chi connectivity index (χ1v) is 6.96. The van der Waals surface area contributed by atoms with E-state index in [2.05, 4.69) is 5.32 Å². The Hall–Kier alpha value is -1.07. The first-order chi connectivity index (χ1) is 9.41. The fourth-order valence-corrected chi connectivity index (χ4v) is 2.85. The molecule has 1 aliphatic rings. The van der Waals surface area contributed by atoms with Crippen molar-refractivity contribution in [3.05, 3.63) is 35.4 Å². The molecular formula is C15H20F3NO. The van der Waals surface area contributed by atoms with Crippen LogP contribution in [0.4, 0.5) is 13.2 Å². The highest BCUT2D eigenvalue weighted by molar-refractivity contribution is 5.26. The van der Waals surface area contributed by atoms with Gasteiger partial charge in [0.05, 0.1) is 5.56 Å². The third-order valence-corrected chi connectivity index (χ3v) is 4.10. The molecule has 1 aliphatic carbocycles. The number of halogens is 3. The minimum atomic E-state index is -4.29. The van der Waals surface area contributed by atoms with Crippen molar-refractivity contribution in [3.8, 4) is 0 Å². The van der Waals surface area contributed by atoms with Gasteiger partial charge in [-0.15, -0.1) is 0 Å². The standard InChI is InChI=1S/C15H20F3NO/c1-10(19-14-4-2-3-12(14)9-20)11-5-7-13(8-6-11)15(16,17)18/h5-8,10,12,14,19-20H,2-4,9H2,1H3. The molecule has 1 aromatic rings. The van der Waals surface area contributed by atoms with Crippen LogP contribution in [0.3, 0.4) is 0 Å². The van der Waals surface area contributed by atoms with Crippen LogP contribution in [0.15, 0.2) is 24.3 Å². The Balaban J connectivity index is 2.00. The van der Waals surface area contributed by atoms with Gasteiger partial charge in [-0.25, -0.2) is 0 Å². The first kappa shape index (κ1) is 15.3. The van der Waals surface area contributed by atoms with Crippen molar-refractivity contribution in [2.75, 3.05) is 6.61 Å². The summed E-state index contributed by atoms with van der Waals surface area (Å²) in [5.41, 5.74) is 0.212. The van der Waals surface area contributed by atoms with Crippen molar-refractivity contribution in [1.29, 1.82) is 0 Å². The lowest BCUT2D eigenvalue weighted by atomic mass is 10.0. The molecule has 0 spiro atoms. The third kappa shape index (κ3) is 3.52. The van der Waals surface area contributed by atoms with E-state index in [0.717, 1.165) is 37.0 Å². The molecule has 1 fully saturated rings. The second kappa shape index (κ2) is 6.14. The molecule has 3 atom stereocenters. The van der Waals surface area contributed by atoms with Gasteiger partial charge in [-0.05, 0) is 43.4 Å². The molecular weight excluding hydrogens is 267 g/mol. The minimum Gasteiger partial charge on any atom is -0.396 e. The summed E-state index contributed by atoms with van der Waals surface area (Å²) in [6.45, 7) is 2.10. The summed E-state index contributed by atoms with van der Waals surface area (Å²) in [7, 11) is 0.